The van der Waals surface area contributed by atoms with Crippen LogP contribution in [0.5, 0.6) is 0 Å². The number of nitrogens with one attached hydrogen (secondary N) is 2. The maximum atomic E-state index is 5.61. The Balaban J connectivity index is 2.07. The highest BCUT2D eigenvalue weighted by molar-refractivity contribution is 5.88. The third-order valence-electron chi connectivity index (χ3n) is 2.29. The van der Waals surface area contributed by atoms with E-state index in [4.69, 9.17) is 5.73 Å². The van der Waals surface area contributed by atoms with Gasteiger partial charge in [-0.05, 0) is 0 Å². The van der Waals surface area contributed by atoms with Crippen molar-refractivity contribution in [3.63, 3.8) is 0 Å². The number of H-pyrrole nitrogens is 1. The number of rotatable bonds is 2. The zero-order chi connectivity index (χ0) is 11.8. The van der Waals surface area contributed by atoms with Crippen LogP contribution in [0, 0.1) is 0 Å². The molecule has 0 aliphatic rings. The van der Waals surface area contributed by atoms with E-state index in [1.807, 2.05) is 13.2 Å². The van der Waals surface area contributed by atoms with Crippen molar-refractivity contribution in [2.24, 2.45) is 7.05 Å². The minimum absolute atomic E-state index is 0.188. The molecule has 17 heavy (non-hydrogen) atoms. The highest BCUT2D eigenvalue weighted by Crippen LogP contribution is 2.22. The van der Waals surface area contributed by atoms with Gasteiger partial charge in [-0.3, -0.25) is 9.78 Å². The summed E-state index contributed by atoms with van der Waals surface area (Å²) in [5, 5.41) is 14.6. The number of aromatic amines is 1. The Morgan fingerprint density at radius 1 is 1.35 bits per heavy atom. The third kappa shape index (κ3) is 1.65. The maximum absolute atomic E-state index is 5.61. The number of aromatic nitrogens is 6. The normalized spacial score (nSPS) is 10.9. The van der Waals surface area contributed by atoms with Crippen LogP contribution in [0.15, 0.2) is 18.6 Å². The van der Waals surface area contributed by atoms with Crippen LogP contribution in [0.2, 0.25) is 0 Å². The van der Waals surface area contributed by atoms with Gasteiger partial charge in [-0.25, -0.2) is 0 Å². The lowest BCUT2D eigenvalue weighted by Crippen LogP contribution is -2.00. The summed E-state index contributed by atoms with van der Waals surface area (Å²) in [4.78, 5) is 8.17. The first-order chi connectivity index (χ1) is 8.22. The van der Waals surface area contributed by atoms with Gasteiger partial charge in [0.05, 0.1) is 23.5 Å². The Kier molecular flexibility index (Phi) is 1.94. The van der Waals surface area contributed by atoms with Crippen LogP contribution in [0.4, 0.5) is 17.5 Å². The van der Waals surface area contributed by atoms with E-state index in [-0.39, 0.29) is 5.95 Å². The molecular formula is C9H10N8. The second-order valence-corrected chi connectivity index (χ2v) is 3.59. The maximum Gasteiger partial charge on any atom is 0.224 e. The first-order valence-corrected chi connectivity index (χ1v) is 4.94. The summed E-state index contributed by atoms with van der Waals surface area (Å²) in [6, 6.07) is 0. The standard InChI is InChI=1S/C9H10N8/c1-17-4-5(2-12-17)13-7-6-3-11-16-8(6)15-9(10)14-7/h2-4H,1H3,(H4,10,11,13,14,15,16). The van der Waals surface area contributed by atoms with Gasteiger partial charge in [0.25, 0.3) is 0 Å². The fourth-order valence-electron chi connectivity index (χ4n) is 1.57. The molecule has 0 bridgehead atoms. The molecule has 8 nitrogen and oxygen atoms in total. The van der Waals surface area contributed by atoms with Crippen molar-refractivity contribution >= 4 is 28.5 Å². The fraction of sp³-hybridized carbons (Fsp3) is 0.111. The topological polar surface area (TPSA) is 110 Å². The van der Waals surface area contributed by atoms with Crippen molar-refractivity contribution in [3.8, 4) is 0 Å². The average molecular weight is 230 g/mol. The molecule has 0 aliphatic carbocycles. The molecule has 0 aliphatic heterocycles. The minimum Gasteiger partial charge on any atom is -0.368 e. The number of fused-ring (bicyclic) bond motifs is 1. The van der Waals surface area contributed by atoms with E-state index in [1.165, 1.54) is 0 Å². The van der Waals surface area contributed by atoms with Crippen molar-refractivity contribution in [1.82, 2.24) is 29.9 Å². The quantitative estimate of drug-likeness (QED) is 0.588. The van der Waals surface area contributed by atoms with Crippen LogP contribution in [0.3, 0.4) is 0 Å². The molecule has 3 rings (SSSR count). The third-order valence-corrected chi connectivity index (χ3v) is 2.29. The van der Waals surface area contributed by atoms with Crippen LogP contribution < -0.4 is 11.1 Å². The number of nitrogens with zero attached hydrogens (tertiary/aromatic N) is 5. The van der Waals surface area contributed by atoms with Gasteiger partial charge < -0.3 is 11.1 Å². The zero-order valence-electron chi connectivity index (χ0n) is 9.05. The van der Waals surface area contributed by atoms with Gasteiger partial charge in [0.2, 0.25) is 5.95 Å². The van der Waals surface area contributed by atoms with E-state index in [0.29, 0.717) is 11.5 Å². The van der Waals surface area contributed by atoms with Crippen molar-refractivity contribution in [1.29, 1.82) is 0 Å². The molecule has 0 aromatic carbocycles. The van der Waals surface area contributed by atoms with Gasteiger partial charge in [-0.2, -0.15) is 20.2 Å². The molecule has 86 valence electrons. The highest BCUT2D eigenvalue weighted by Gasteiger charge is 2.08. The summed E-state index contributed by atoms with van der Waals surface area (Å²) in [7, 11) is 1.84. The summed E-state index contributed by atoms with van der Waals surface area (Å²) in [5.41, 5.74) is 7.04. The summed E-state index contributed by atoms with van der Waals surface area (Å²) in [5.74, 6) is 0.794. The predicted molar refractivity (Wildman–Crippen MR) is 62.6 cm³/mol. The predicted octanol–water partition coefficient (Wildman–Crippen LogP) is 0.412. The Labute approximate surface area is 95.9 Å². The van der Waals surface area contributed by atoms with Gasteiger partial charge in [0, 0.05) is 13.2 Å². The Morgan fingerprint density at radius 3 is 3.00 bits per heavy atom. The molecular weight excluding hydrogens is 220 g/mol. The summed E-state index contributed by atoms with van der Waals surface area (Å²) in [6.45, 7) is 0. The van der Waals surface area contributed by atoms with Crippen LogP contribution in [-0.2, 0) is 7.05 Å². The molecule has 0 amide bonds. The van der Waals surface area contributed by atoms with Crippen molar-refractivity contribution in [2.75, 3.05) is 11.1 Å². The largest absolute Gasteiger partial charge is 0.368 e. The van der Waals surface area contributed by atoms with Gasteiger partial charge in [0.15, 0.2) is 5.65 Å². The number of nitrogens with two attached hydrogens (primary N) is 1. The van der Waals surface area contributed by atoms with Gasteiger partial charge >= 0.3 is 0 Å². The molecule has 0 saturated carbocycles. The SMILES string of the molecule is Cn1cc(Nc2nc(N)nc3[nH]ncc23)cn1. The highest BCUT2D eigenvalue weighted by atomic mass is 15.3. The molecule has 0 unspecified atom stereocenters. The smallest absolute Gasteiger partial charge is 0.224 e. The Hall–Kier alpha value is -2.64. The summed E-state index contributed by atoms with van der Waals surface area (Å²) in [6.07, 6.45) is 5.18. The van der Waals surface area contributed by atoms with Crippen LogP contribution in [-0.4, -0.2) is 29.9 Å². The first kappa shape index (κ1) is 9.58. The van der Waals surface area contributed by atoms with Crippen LogP contribution in [0.25, 0.3) is 11.0 Å². The Bertz CT molecular complexity index is 666. The number of aryl methyl sites for hydroxylation is 1. The molecule has 0 radical (unpaired) electrons. The molecule has 0 spiro atoms. The number of hydrogen-bond donors (Lipinski definition) is 3. The lowest BCUT2D eigenvalue weighted by molar-refractivity contribution is 0.768. The van der Waals surface area contributed by atoms with Crippen LogP contribution >= 0.6 is 0 Å². The van der Waals surface area contributed by atoms with Gasteiger partial charge in [0.1, 0.15) is 5.82 Å². The Morgan fingerprint density at radius 2 is 2.24 bits per heavy atom. The van der Waals surface area contributed by atoms with Gasteiger partial charge in [-0.1, -0.05) is 0 Å². The second kappa shape index (κ2) is 3.44. The number of anilines is 3. The van der Waals surface area contributed by atoms with Crippen molar-refractivity contribution < 1.29 is 0 Å². The fourth-order valence-corrected chi connectivity index (χ4v) is 1.57. The number of hydrogen-bond acceptors (Lipinski definition) is 6. The van der Waals surface area contributed by atoms with E-state index >= 15 is 0 Å². The zero-order valence-corrected chi connectivity index (χ0v) is 9.05. The average Bonchev–Trinajstić information content (AvgIpc) is 2.87. The van der Waals surface area contributed by atoms with Crippen LogP contribution in [0.1, 0.15) is 0 Å². The van der Waals surface area contributed by atoms with E-state index in [0.717, 1.165) is 11.1 Å². The lowest BCUT2D eigenvalue weighted by Gasteiger charge is -2.03. The van der Waals surface area contributed by atoms with E-state index in [1.54, 1.807) is 17.1 Å². The second-order valence-electron chi connectivity index (χ2n) is 3.59. The van der Waals surface area contributed by atoms with E-state index in [9.17, 15) is 0 Å². The minimum atomic E-state index is 0.188. The molecule has 0 fully saturated rings. The van der Waals surface area contributed by atoms with Crippen molar-refractivity contribution in [3.05, 3.63) is 18.6 Å². The number of nitrogen functional groups attached to an aromatic ring is 1. The first-order valence-electron chi connectivity index (χ1n) is 4.94. The molecule has 0 atom stereocenters. The molecule has 3 heterocycles. The molecule has 3 aromatic rings. The molecule has 8 heteroatoms. The molecule has 3 aromatic heterocycles. The molecule has 0 saturated heterocycles. The monoisotopic (exact) mass is 230 g/mol. The van der Waals surface area contributed by atoms with E-state index < -0.39 is 0 Å². The van der Waals surface area contributed by atoms with E-state index in [2.05, 4.69) is 30.6 Å². The summed E-state index contributed by atoms with van der Waals surface area (Å²) >= 11 is 0. The van der Waals surface area contributed by atoms with Crippen molar-refractivity contribution in [2.45, 2.75) is 0 Å². The lowest BCUT2D eigenvalue weighted by atomic mass is 10.4. The van der Waals surface area contributed by atoms with Gasteiger partial charge in [-0.15, -0.1) is 0 Å². The molecule has 4 N–H and O–H groups in total. The summed E-state index contributed by atoms with van der Waals surface area (Å²) < 4.78 is 1.69.